The van der Waals surface area contributed by atoms with Crippen LogP contribution in [0.25, 0.3) is 0 Å². The molecule has 1 saturated heterocycles. The van der Waals surface area contributed by atoms with E-state index in [2.05, 4.69) is 41.0 Å². The van der Waals surface area contributed by atoms with Crippen molar-refractivity contribution in [2.24, 2.45) is 13.0 Å². The van der Waals surface area contributed by atoms with Crippen LogP contribution in [0, 0.1) is 5.92 Å². The lowest BCUT2D eigenvalue weighted by atomic mass is 9.97. The van der Waals surface area contributed by atoms with Gasteiger partial charge >= 0.3 is 0 Å². The van der Waals surface area contributed by atoms with E-state index < -0.39 is 0 Å². The smallest absolute Gasteiger partial charge is 0.135 e. The molecule has 0 saturated carbocycles. The Labute approximate surface area is 97.5 Å². The van der Waals surface area contributed by atoms with Crippen LogP contribution >= 0.6 is 0 Å². The van der Waals surface area contributed by atoms with Gasteiger partial charge in [-0.15, -0.1) is 10.2 Å². The molecule has 1 aliphatic heterocycles. The van der Waals surface area contributed by atoms with Crippen LogP contribution in [-0.4, -0.2) is 27.9 Å². The van der Waals surface area contributed by atoms with Crippen molar-refractivity contribution in [1.29, 1.82) is 0 Å². The third-order valence-corrected chi connectivity index (χ3v) is 3.29. The summed E-state index contributed by atoms with van der Waals surface area (Å²) in [5.41, 5.74) is 0. The van der Waals surface area contributed by atoms with E-state index >= 15 is 0 Å². The Kier molecular flexibility index (Phi) is 3.59. The Hall–Kier alpha value is -0.900. The summed E-state index contributed by atoms with van der Waals surface area (Å²) in [4.78, 5) is 0. The first-order valence-electron chi connectivity index (χ1n) is 6.27. The summed E-state index contributed by atoms with van der Waals surface area (Å²) in [7, 11) is 2.11. The number of piperidine rings is 1. The third-order valence-electron chi connectivity index (χ3n) is 3.29. The topological polar surface area (TPSA) is 42.7 Å². The van der Waals surface area contributed by atoms with Crippen molar-refractivity contribution >= 4 is 0 Å². The highest BCUT2D eigenvalue weighted by Gasteiger charge is 2.21. The van der Waals surface area contributed by atoms with Gasteiger partial charge in [0.2, 0.25) is 0 Å². The molecule has 2 heterocycles. The normalized spacial score (nSPS) is 18.2. The lowest BCUT2D eigenvalue weighted by Gasteiger charge is -2.21. The second kappa shape index (κ2) is 4.95. The van der Waals surface area contributed by atoms with E-state index in [1.54, 1.807) is 0 Å². The maximum Gasteiger partial charge on any atom is 0.135 e. The minimum atomic E-state index is 0.597. The Morgan fingerprint density at radius 1 is 1.31 bits per heavy atom. The molecule has 0 amide bonds. The van der Waals surface area contributed by atoms with Crippen molar-refractivity contribution in [1.82, 2.24) is 20.1 Å². The molecule has 2 rings (SSSR count). The SMILES string of the molecule is CC(C)Cc1nnc(C2CCNCC2)n1C. The Bertz CT molecular complexity index is 337. The number of hydrogen-bond donors (Lipinski definition) is 1. The quantitative estimate of drug-likeness (QED) is 0.842. The number of nitrogens with zero attached hydrogens (tertiary/aromatic N) is 3. The molecule has 4 heteroatoms. The van der Waals surface area contributed by atoms with Gasteiger partial charge in [0.15, 0.2) is 0 Å². The van der Waals surface area contributed by atoms with Crippen LogP contribution < -0.4 is 5.32 Å². The molecule has 0 unspecified atom stereocenters. The van der Waals surface area contributed by atoms with Gasteiger partial charge in [0.05, 0.1) is 0 Å². The van der Waals surface area contributed by atoms with Crippen molar-refractivity contribution < 1.29 is 0 Å². The van der Waals surface area contributed by atoms with Gasteiger partial charge in [-0.2, -0.15) is 0 Å². The van der Waals surface area contributed by atoms with Gasteiger partial charge < -0.3 is 9.88 Å². The van der Waals surface area contributed by atoms with Crippen molar-refractivity contribution in [3.05, 3.63) is 11.6 Å². The summed E-state index contributed by atoms with van der Waals surface area (Å²) in [5.74, 6) is 3.55. The first-order chi connectivity index (χ1) is 7.68. The third kappa shape index (κ3) is 2.43. The summed E-state index contributed by atoms with van der Waals surface area (Å²) in [6.45, 7) is 6.66. The van der Waals surface area contributed by atoms with Gasteiger partial charge in [0.25, 0.3) is 0 Å². The molecule has 0 atom stereocenters. The molecule has 0 bridgehead atoms. The fourth-order valence-corrected chi connectivity index (χ4v) is 2.35. The second-order valence-corrected chi connectivity index (χ2v) is 5.16. The summed E-state index contributed by atoms with van der Waals surface area (Å²) in [5, 5.41) is 12.1. The molecule has 0 spiro atoms. The van der Waals surface area contributed by atoms with Gasteiger partial charge in [0.1, 0.15) is 11.6 Å². The summed E-state index contributed by atoms with van der Waals surface area (Å²) < 4.78 is 2.20. The molecule has 1 aromatic rings. The van der Waals surface area contributed by atoms with Crippen LogP contribution in [0.2, 0.25) is 0 Å². The monoisotopic (exact) mass is 222 g/mol. The standard InChI is InChI=1S/C12H22N4/c1-9(2)8-11-14-15-12(16(11)3)10-4-6-13-7-5-10/h9-10,13H,4-8H2,1-3H3. The molecule has 0 radical (unpaired) electrons. The van der Waals surface area contributed by atoms with Crippen LogP contribution in [0.5, 0.6) is 0 Å². The van der Waals surface area contributed by atoms with Crippen LogP contribution in [-0.2, 0) is 13.5 Å². The van der Waals surface area contributed by atoms with Crippen molar-refractivity contribution in [2.75, 3.05) is 13.1 Å². The van der Waals surface area contributed by atoms with E-state index in [1.807, 2.05) is 0 Å². The highest BCUT2D eigenvalue weighted by atomic mass is 15.3. The molecule has 90 valence electrons. The highest BCUT2D eigenvalue weighted by Crippen LogP contribution is 2.23. The highest BCUT2D eigenvalue weighted by molar-refractivity contribution is 5.03. The second-order valence-electron chi connectivity index (χ2n) is 5.16. The molecular weight excluding hydrogens is 200 g/mol. The molecule has 1 fully saturated rings. The first kappa shape index (κ1) is 11.6. The van der Waals surface area contributed by atoms with Gasteiger partial charge in [-0.3, -0.25) is 0 Å². The van der Waals surface area contributed by atoms with E-state index in [9.17, 15) is 0 Å². The van der Waals surface area contributed by atoms with E-state index in [0.717, 1.165) is 25.3 Å². The lowest BCUT2D eigenvalue weighted by molar-refractivity contribution is 0.434. The van der Waals surface area contributed by atoms with Gasteiger partial charge in [-0.1, -0.05) is 13.8 Å². The van der Waals surface area contributed by atoms with Gasteiger partial charge in [-0.25, -0.2) is 0 Å². The Morgan fingerprint density at radius 2 is 2.00 bits per heavy atom. The molecule has 4 nitrogen and oxygen atoms in total. The minimum absolute atomic E-state index is 0.597. The van der Waals surface area contributed by atoms with Crippen LogP contribution in [0.4, 0.5) is 0 Å². The maximum atomic E-state index is 4.38. The molecule has 1 aliphatic rings. The molecule has 1 N–H and O–H groups in total. The van der Waals surface area contributed by atoms with Crippen molar-refractivity contribution in [3.63, 3.8) is 0 Å². The van der Waals surface area contributed by atoms with Crippen molar-refractivity contribution in [2.45, 2.75) is 39.0 Å². The van der Waals surface area contributed by atoms with Crippen LogP contribution in [0.15, 0.2) is 0 Å². The summed E-state index contributed by atoms with van der Waals surface area (Å²) >= 11 is 0. The van der Waals surface area contributed by atoms with E-state index in [1.165, 1.54) is 18.7 Å². The molecule has 0 aliphatic carbocycles. The number of rotatable bonds is 3. The number of nitrogens with one attached hydrogen (secondary N) is 1. The number of aromatic nitrogens is 3. The maximum absolute atomic E-state index is 4.38. The largest absolute Gasteiger partial charge is 0.318 e. The van der Waals surface area contributed by atoms with Crippen LogP contribution in [0.3, 0.4) is 0 Å². The summed E-state index contributed by atoms with van der Waals surface area (Å²) in [6.07, 6.45) is 3.40. The predicted octanol–water partition coefficient (Wildman–Crippen LogP) is 1.48. The summed E-state index contributed by atoms with van der Waals surface area (Å²) in [6, 6.07) is 0. The molecule has 16 heavy (non-hydrogen) atoms. The zero-order valence-corrected chi connectivity index (χ0v) is 10.5. The fourth-order valence-electron chi connectivity index (χ4n) is 2.35. The zero-order chi connectivity index (χ0) is 11.5. The fraction of sp³-hybridized carbons (Fsp3) is 0.833. The Morgan fingerprint density at radius 3 is 2.62 bits per heavy atom. The van der Waals surface area contributed by atoms with E-state index in [-0.39, 0.29) is 0 Å². The zero-order valence-electron chi connectivity index (χ0n) is 10.5. The minimum Gasteiger partial charge on any atom is -0.318 e. The predicted molar refractivity (Wildman–Crippen MR) is 64.4 cm³/mol. The lowest BCUT2D eigenvalue weighted by Crippen LogP contribution is -2.28. The first-order valence-corrected chi connectivity index (χ1v) is 6.27. The van der Waals surface area contributed by atoms with Gasteiger partial charge in [0, 0.05) is 19.4 Å². The average Bonchev–Trinajstić information content (AvgIpc) is 2.61. The average molecular weight is 222 g/mol. The number of hydrogen-bond acceptors (Lipinski definition) is 3. The molecular formula is C12H22N4. The molecule has 0 aromatic carbocycles. The Balaban J connectivity index is 2.12. The van der Waals surface area contributed by atoms with Crippen LogP contribution in [0.1, 0.15) is 44.3 Å². The van der Waals surface area contributed by atoms with Gasteiger partial charge in [-0.05, 0) is 31.8 Å². The molecule has 1 aromatic heterocycles. The van der Waals surface area contributed by atoms with Crippen molar-refractivity contribution in [3.8, 4) is 0 Å². The van der Waals surface area contributed by atoms with E-state index in [0.29, 0.717) is 11.8 Å². The van der Waals surface area contributed by atoms with E-state index in [4.69, 9.17) is 0 Å².